The molecule has 1 aromatic heterocycles. The highest BCUT2D eigenvalue weighted by molar-refractivity contribution is 5.33. The molecule has 0 bridgehead atoms. The molecule has 0 atom stereocenters. The van der Waals surface area contributed by atoms with Gasteiger partial charge in [-0.1, -0.05) is 0 Å². The normalized spacial score (nSPS) is 16.3. The first-order valence-electron chi connectivity index (χ1n) is 6.62. The second-order valence-electron chi connectivity index (χ2n) is 4.73. The fraction of sp³-hybridized carbons (Fsp3) is 0.667. The van der Waals surface area contributed by atoms with E-state index in [1.165, 1.54) is 12.4 Å². The van der Waals surface area contributed by atoms with E-state index < -0.39 is 4.92 Å². The Labute approximate surface area is 112 Å². The van der Waals surface area contributed by atoms with Crippen molar-refractivity contribution < 1.29 is 4.92 Å². The summed E-state index contributed by atoms with van der Waals surface area (Å²) >= 11 is 0. The van der Waals surface area contributed by atoms with Crippen LogP contribution in [-0.2, 0) is 0 Å². The van der Waals surface area contributed by atoms with E-state index in [1.807, 2.05) is 6.92 Å². The van der Waals surface area contributed by atoms with Gasteiger partial charge in [-0.05, 0) is 38.8 Å². The SMILES string of the molecule is CCN(CC1CCNCC1)c1ncc([N+](=O)[O-])cn1. The zero-order valence-corrected chi connectivity index (χ0v) is 11.1. The lowest BCUT2D eigenvalue weighted by Gasteiger charge is -2.29. The van der Waals surface area contributed by atoms with E-state index in [0.717, 1.165) is 39.0 Å². The lowest BCUT2D eigenvalue weighted by molar-refractivity contribution is -0.385. The number of piperidine rings is 1. The third-order valence-corrected chi connectivity index (χ3v) is 3.44. The monoisotopic (exact) mass is 265 g/mol. The first-order valence-corrected chi connectivity index (χ1v) is 6.62. The van der Waals surface area contributed by atoms with E-state index in [-0.39, 0.29) is 5.69 Å². The van der Waals surface area contributed by atoms with Gasteiger partial charge in [0.1, 0.15) is 12.4 Å². The highest BCUT2D eigenvalue weighted by atomic mass is 16.6. The van der Waals surface area contributed by atoms with Gasteiger partial charge in [-0.25, -0.2) is 9.97 Å². The number of rotatable bonds is 5. The second kappa shape index (κ2) is 6.42. The number of anilines is 1. The number of hydrogen-bond donors (Lipinski definition) is 1. The average Bonchev–Trinajstić information content (AvgIpc) is 2.46. The highest BCUT2D eigenvalue weighted by Gasteiger charge is 2.18. The van der Waals surface area contributed by atoms with Crippen molar-refractivity contribution >= 4 is 11.6 Å². The van der Waals surface area contributed by atoms with Crippen molar-refractivity contribution in [3.63, 3.8) is 0 Å². The number of aromatic nitrogens is 2. The van der Waals surface area contributed by atoms with E-state index in [2.05, 4.69) is 20.2 Å². The van der Waals surface area contributed by atoms with Crippen LogP contribution in [0.25, 0.3) is 0 Å². The molecule has 2 heterocycles. The molecule has 1 aliphatic rings. The van der Waals surface area contributed by atoms with Crippen molar-refractivity contribution in [3.05, 3.63) is 22.5 Å². The molecule has 0 spiro atoms. The van der Waals surface area contributed by atoms with Crippen LogP contribution in [0.15, 0.2) is 12.4 Å². The Morgan fingerprint density at radius 2 is 2.05 bits per heavy atom. The van der Waals surface area contributed by atoms with Gasteiger partial charge in [0, 0.05) is 13.1 Å². The van der Waals surface area contributed by atoms with Crippen LogP contribution in [0.2, 0.25) is 0 Å². The van der Waals surface area contributed by atoms with Gasteiger partial charge in [-0.3, -0.25) is 10.1 Å². The molecule has 0 aliphatic carbocycles. The van der Waals surface area contributed by atoms with Gasteiger partial charge in [0.05, 0.1) is 4.92 Å². The summed E-state index contributed by atoms with van der Waals surface area (Å²) < 4.78 is 0. The molecule has 104 valence electrons. The van der Waals surface area contributed by atoms with Gasteiger partial charge in [-0.15, -0.1) is 0 Å². The lowest BCUT2D eigenvalue weighted by atomic mass is 9.98. The summed E-state index contributed by atoms with van der Waals surface area (Å²) in [4.78, 5) is 20.4. The van der Waals surface area contributed by atoms with E-state index >= 15 is 0 Å². The molecular formula is C12H19N5O2. The summed E-state index contributed by atoms with van der Waals surface area (Å²) in [7, 11) is 0. The van der Waals surface area contributed by atoms with Crippen LogP contribution in [-0.4, -0.2) is 41.1 Å². The molecule has 0 aromatic carbocycles. The quantitative estimate of drug-likeness (QED) is 0.636. The summed E-state index contributed by atoms with van der Waals surface area (Å²) in [6.45, 7) is 5.89. The maximum absolute atomic E-state index is 10.6. The molecule has 0 radical (unpaired) electrons. The Balaban J connectivity index is 2.01. The molecule has 1 N–H and O–H groups in total. The molecule has 1 saturated heterocycles. The number of nitrogens with one attached hydrogen (secondary N) is 1. The molecule has 7 heteroatoms. The average molecular weight is 265 g/mol. The van der Waals surface area contributed by atoms with Crippen LogP contribution < -0.4 is 10.2 Å². The first-order chi connectivity index (χ1) is 9.20. The van der Waals surface area contributed by atoms with Crippen molar-refractivity contribution in [3.8, 4) is 0 Å². The summed E-state index contributed by atoms with van der Waals surface area (Å²) in [5.41, 5.74) is -0.0679. The smallest absolute Gasteiger partial charge is 0.305 e. The molecule has 1 fully saturated rings. The van der Waals surface area contributed by atoms with Crippen LogP contribution in [0.5, 0.6) is 0 Å². The van der Waals surface area contributed by atoms with Gasteiger partial charge in [0.15, 0.2) is 0 Å². The van der Waals surface area contributed by atoms with Gasteiger partial charge in [-0.2, -0.15) is 0 Å². The van der Waals surface area contributed by atoms with E-state index in [4.69, 9.17) is 0 Å². The third kappa shape index (κ3) is 3.60. The Bertz CT molecular complexity index is 417. The standard InChI is InChI=1S/C12H19N5O2/c1-2-16(9-10-3-5-13-6-4-10)12-14-7-11(8-15-12)17(18)19/h7-8,10,13H,2-6,9H2,1H3. The first kappa shape index (κ1) is 13.7. The minimum atomic E-state index is -0.479. The summed E-state index contributed by atoms with van der Waals surface area (Å²) in [6, 6.07) is 0. The molecule has 0 amide bonds. The fourth-order valence-electron chi connectivity index (χ4n) is 2.30. The highest BCUT2D eigenvalue weighted by Crippen LogP contribution is 2.17. The predicted octanol–water partition coefficient (Wildman–Crippen LogP) is 1.21. The summed E-state index contributed by atoms with van der Waals surface area (Å²) in [6.07, 6.45) is 4.85. The van der Waals surface area contributed by atoms with Crippen LogP contribution in [0, 0.1) is 16.0 Å². The van der Waals surface area contributed by atoms with Gasteiger partial charge in [0.2, 0.25) is 5.95 Å². The Kier molecular flexibility index (Phi) is 4.62. The van der Waals surface area contributed by atoms with Crippen molar-refractivity contribution in [1.29, 1.82) is 0 Å². The number of nitro groups is 1. The van der Waals surface area contributed by atoms with Crippen LogP contribution >= 0.6 is 0 Å². The Morgan fingerprint density at radius 1 is 1.42 bits per heavy atom. The predicted molar refractivity (Wildman–Crippen MR) is 72.2 cm³/mol. The third-order valence-electron chi connectivity index (χ3n) is 3.44. The van der Waals surface area contributed by atoms with E-state index in [9.17, 15) is 10.1 Å². The van der Waals surface area contributed by atoms with Crippen LogP contribution in [0.4, 0.5) is 11.6 Å². The molecule has 0 unspecified atom stereocenters. The summed E-state index contributed by atoms with van der Waals surface area (Å²) in [5.74, 6) is 1.21. The molecule has 7 nitrogen and oxygen atoms in total. The van der Waals surface area contributed by atoms with E-state index in [1.54, 1.807) is 0 Å². The maximum atomic E-state index is 10.6. The fourth-order valence-corrected chi connectivity index (χ4v) is 2.30. The number of hydrogen-bond acceptors (Lipinski definition) is 6. The second-order valence-corrected chi connectivity index (χ2v) is 4.73. The molecule has 19 heavy (non-hydrogen) atoms. The molecule has 2 rings (SSSR count). The Hall–Kier alpha value is -1.76. The zero-order chi connectivity index (χ0) is 13.7. The minimum absolute atomic E-state index is 0.0679. The molecule has 0 saturated carbocycles. The number of nitrogens with zero attached hydrogens (tertiary/aromatic N) is 4. The molecular weight excluding hydrogens is 246 g/mol. The lowest BCUT2D eigenvalue weighted by Crippen LogP contribution is -2.36. The Morgan fingerprint density at radius 3 is 2.58 bits per heavy atom. The largest absolute Gasteiger partial charge is 0.341 e. The topological polar surface area (TPSA) is 84.2 Å². The van der Waals surface area contributed by atoms with Crippen molar-refractivity contribution in [1.82, 2.24) is 15.3 Å². The molecule has 1 aromatic rings. The van der Waals surface area contributed by atoms with E-state index in [0.29, 0.717) is 11.9 Å². The van der Waals surface area contributed by atoms with Crippen molar-refractivity contribution in [2.24, 2.45) is 5.92 Å². The van der Waals surface area contributed by atoms with Gasteiger partial charge >= 0.3 is 5.69 Å². The maximum Gasteiger partial charge on any atom is 0.305 e. The van der Waals surface area contributed by atoms with Gasteiger partial charge < -0.3 is 10.2 Å². The van der Waals surface area contributed by atoms with Gasteiger partial charge in [0.25, 0.3) is 0 Å². The minimum Gasteiger partial charge on any atom is -0.341 e. The molecule has 1 aliphatic heterocycles. The van der Waals surface area contributed by atoms with Crippen LogP contribution in [0.1, 0.15) is 19.8 Å². The zero-order valence-electron chi connectivity index (χ0n) is 11.1. The van der Waals surface area contributed by atoms with Crippen molar-refractivity contribution in [2.45, 2.75) is 19.8 Å². The van der Waals surface area contributed by atoms with Crippen molar-refractivity contribution in [2.75, 3.05) is 31.1 Å². The van der Waals surface area contributed by atoms with Crippen LogP contribution in [0.3, 0.4) is 0 Å². The summed E-state index contributed by atoms with van der Waals surface area (Å²) in [5, 5.41) is 13.9.